The largest absolute Gasteiger partial charge is 0.497 e. The second-order valence-electron chi connectivity index (χ2n) is 6.67. The number of methoxy groups -OCH3 is 1. The molecule has 3 aromatic rings. The highest BCUT2D eigenvalue weighted by atomic mass is 32.2. The van der Waals surface area contributed by atoms with Crippen LogP contribution in [0.25, 0.3) is 0 Å². The second kappa shape index (κ2) is 10.1. The van der Waals surface area contributed by atoms with Crippen molar-refractivity contribution < 1.29 is 27.1 Å². The molecular weight excluding hydrogens is 421 g/mol. The van der Waals surface area contributed by atoms with Crippen molar-refractivity contribution in [2.24, 2.45) is 0 Å². The number of halogens is 1. The van der Waals surface area contributed by atoms with E-state index in [2.05, 4.69) is 5.32 Å². The molecule has 0 radical (unpaired) electrons. The van der Waals surface area contributed by atoms with E-state index in [1.165, 1.54) is 19.2 Å². The van der Waals surface area contributed by atoms with Crippen LogP contribution in [0, 0.1) is 5.82 Å². The first-order valence-electron chi connectivity index (χ1n) is 9.48. The van der Waals surface area contributed by atoms with Crippen LogP contribution in [-0.4, -0.2) is 34.6 Å². The van der Waals surface area contributed by atoms with Crippen molar-refractivity contribution in [2.75, 3.05) is 20.3 Å². The van der Waals surface area contributed by atoms with Crippen LogP contribution in [0.1, 0.15) is 10.8 Å². The number of ether oxygens (including phenoxy) is 2. The van der Waals surface area contributed by atoms with Gasteiger partial charge in [-0.3, -0.25) is 4.79 Å². The van der Waals surface area contributed by atoms with Crippen molar-refractivity contribution in [3.05, 3.63) is 90.2 Å². The average molecular weight is 443 g/mol. The molecule has 6 nitrogen and oxygen atoms in total. The lowest BCUT2D eigenvalue weighted by atomic mass is 10.1. The van der Waals surface area contributed by atoms with E-state index in [4.69, 9.17) is 9.47 Å². The van der Waals surface area contributed by atoms with Gasteiger partial charge in [-0.2, -0.15) is 0 Å². The van der Waals surface area contributed by atoms with Crippen LogP contribution in [0.5, 0.6) is 11.5 Å². The fourth-order valence-electron chi connectivity index (χ4n) is 2.96. The zero-order chi connectivity index (χ0) is 22.3. The van der Waals surface area contributed by atoms with Gasteiger partial charge >= 0.3 is 0 Å². The SMILES string of the molecule is COc1cccc(OCC(=O)NCC(c2ccccc2)S(=O)(=O)c2ccc(F)cc2)c1. The molecule has 0 heterocycles. The lowest BCUT2D eigenvalue weighted by Crippen LogP contribution is -2.35. The summed E-state index contributed by atoms with van der Waals surface area (Å²) in [6.45, 7) is -0.449. The maximum Gasteiger partial charge on any atom is 0.257 e. The summed E-state index contributed by atoms with van der Waals surface area (Å²) in [5.74, 6) is 0.0387. The Kier molecular flexibility index (Phi) is 7.25. The van der Waals surface area contributed by atoms with Gasteiger partial charge < -0.3 is 14.8 Å². The topological polar surface area (TPSA) is 81.7 Å². The minimum Gasteiger partial charge on any atom is -0.497 e. The third-order valence-electron chi connectivity index (χ3n) is 4.58. The smallest absolute Gasteiger partial charge is 0.257 e. The van der Waals surface area contributed by atoms with E-state index >= 15 is 0 Å². The monoisotopic (exact) mass is 443 g/mol. The van der Waals surface area contributed by atoms with Crippen LogP contribution in [-0.2, 0) is 14.6 Å². The standard InChI is InChI=1S/C23H22FNO5S/c1-29-19-8-5-9-20(14-19)30-16-23(26)25-15-22(17-6-3-2-4-7-17)31(27,28)21-12-10-18(24)11-13-21/h2-14,22H,15-16H2,1H3,(H,25,26). The Morgan fingerprint density at radius 1 is 0.968 bits per heavy atom. The van der Waals surface area contributed by atoms with Crippen LogP contribution in [0.3, 0.4) is 0 Å². The van der Waals surface area contributed by atoms with E-state index in [1.54, 1.807) is 54.6 Å². The van der Waals surface area contributed by atoms with E-state index in [0.29, 0.717) is 17.1 Å². The molecular formula is C23H22FNO5S. The number of amides is 1. The van der Waals surface area contributed by atoms with Gasteiger partial charge in [-0.1, -0.05) is 36.4 Å². The summed E-state index contributed by atoms with van der Waals surface area (Å²) in [6.07, 6.45) is 0. The van der Waals surface area contributed by atoms with Crippen LogP contribution in [0.2, 0.25) is 0 Å². The average Bonchev–Trinajstić information content (AvgIpc) is 2.79. The number of rotatable bonds is 9. The zero-order valence-corrected chi connectivity index (χ0v) is 17.6. The van der Waals surface area contributed by atoms with Crippen molar-refractivity contribution in [3.63, 3.8) is 0 Å². The maximum absolute atomic E-state index is 13.3. The number of hydrogen-bond acceptors (Lipinski definition) is 5. The molecule has 0 spiro atoms. The van der Waals surface area contributed by atoms with E-state index in [0.717, 1.165) is 12.1 Å². The lowest BCUT2D eigenvalue weighted by molar-refractivity contribution is -0.123. The van der Waals surface area contributed by atoms with Crippen LogP contribution in [0.4, 0.5) is 4.39 Å². The van der Waals surface area contributed by atoms with Crippen LogP contribution in [0.15, 0.2) is 83.8 Å². The number of benzene rings is 3. The van der Waals surface area contributed by atoms with Gasteiger partial charge in [0.1, 0.15) is 22.6 Å². The third-order valence-corrected chi connectivity index (χ3v) is 6.70. The van der Waals surface area contributed by atoms with E-state index in [9.17, 15) is 17.6 Å². The summed E-state index contributed by atoms with van der Waals surface area (Å²) in [7, 11) is -2.36. The van der Waals surface area contributed by atoms with Crippen molar-refractivity contribution in [1.29, 1.82) is 0 Å². The molecule has 1 unspecified atom stereocenters. The van der Waals surface area contributed by atoms with Crippen molar-refractivity contribution >= 4 is 15.7 Å². The Labute approximate surface area is 180 Å². The Balaban J connectivity index is 1.72. The molecule has 3 aromatic carbocycles. The Bertz CT molecular complexity index is 1120. The summed E-state index contributed by atoms with van der Waals surface area (Å²) in [5.41, 5.74) is 0.515. The van der Waals surface area contributed by atoms with Crippen LogP contribution >= 0.6 is 0 Å². The van der Waals surface area contributed by atoms with Gasteiger partial charge in [0, 0.05) is 12.6 Å². The number of hydrogen-bond donors (Lipinski definition) is 1. The number of sulfone groups is 1. The molecule has 31 heavy (non-hydrogen) atoms. The van der Waals surface area contributed by atoms with Gasteiger partial charge in [0.05, 0.1) is 12.0 Å². The molecule has 3 rings (SSSR count). The van der Waals surface area contributed by atoms with Gasteiger partial charge in [-0.15, -0.1) is 0 Å². The molecule has 0 bridgehead atoms. The number of nitrogens with one attached hydrogen (secondary N) is 1. The fourth-order valence-corrected chi connectivity index (χ4v) is 4.62. The predicted octanol–water partition coefficient (Wildman–Crippen LogP) is 3.54. The predicted molar refractivity (Wildman–Crippen MR) is 114 cm³/mol. The molecule has 1 atom stereocenters. The summed E-state index contributed by atoms with van der Waals surface area (Å²) in [5, 5.41) is 1.58. The van der Waals surface area contributed by atoms with E-state index in [1.807, 2.05) is 0 Å². The normalized spacial score (nSPS) is 12.1. The highest BCUT2D eigenvalue weighted by Gasteiger charge is 2.29. The molecule has 0 aliphatic heterocycles. The van der Waals surface area contributed by atoms with Gasteiger partial charge in [-0.05, 0) is 42.0 Å². The number of carbonyl (C=O) groups excluding carboxylic acids is 1. The first kappa shape index (κ1) is 22.3. The summed E-state index contributed by atoms with van der Waals surface area (Å²) < 4.78 is 50.2. The van der Waals surface area contributed by atoms with E-state index in [-0.39, 0.29) is 18.0 Å². The molecule has 0 saturated heterocycles. The molecule has 0 aromatic heterocycles. The second-order valence-corrected chi connectivity index (χ2v) is 8.80. The quantitative estimate of drug-likeness (QED) is 0.512. The molecule has 162 valence electrons. The highest BCUT2D eigenvalue weighted by Crippen LogP contribution is 2.28. The van der Waals surface area contributed by atoms with Crippen LogP contribution < -0.4 is 14.8 Å². The molecule has 0 aliphatic rings. The summed E-state index contributed by atoms with van der Waals surface area (Å²) >= 11 is 0. The minimum atomic E-state index is -3.88. The Morgan fingerprint density at radius 3 is 2.32 bits per heavy atom. The van der Waals surface area contributed by atoms with Crippen molar-refractivity contribution in [3.8, 4) is 11.5 Å². The van der Waals surface area contributed by atoms with Gasteiger partial charge in [-0.25, -0.2) is 12.8 Å². The maximum atomic E-state index is 13.3. The van der Waals surface area contributed by atoms with Gasteiger partial charge in [0.15, 0.2) is 16.4 Å². The molecule has 0 saturated carbocycles. The third kappa shape index (κ3) is 5.82. The van der Waals surface area contributed by atoms with Crippen molar-refractivity contribution in [1.82, 2.24) is 5.32 Å². The molecule has 0 aliphatic carbocycles. The highest BCUT2D eigenvalue weighted by molar-refractivity contribution is 7.91. The van der Waals surface area contributed by atoms with E-state index < -0.39 is 26.8 Å². The molecule has 0 fully saturated rings. The number of carbonyl (C=O) groups is 1. The fraction of sp³-hybridized carbons (Fsp3) is 0.174. The summed E-state index contributed by atoms with van der Waals surface area (Å²) in [6, 6.07) is 20.0. The Morgan fingerprint density at radius 2 is 1.65 bits per heavy atom. The first-order chi connectivity index (χ1) is 14.9. The van der Waals surface area contributed by atoms with Crippen molar-refractivity contribution in [2.45, 2.75) is 10.1 Å². The lowest BCUT2D eigenvalue weighted by Gasteiger charge is -2.19. The van der Waals surface area contributed by atoms with Gasteiger partial charge in [0.25, 0.3) is 5.91 Å². The molecule has 8 heteroatoms. The molecule has 1 amide bonds. The van der Waals surface area contributed by atoms with Gasteiger partial charge in [0.2, 0.25) is 0 Å². The minimum absolute atomic E-state index is 0.0235. The first-order valence-corrected chi connectivity index (χ1v) is 11.0. The Hall–Kier alpha value is -3.39. The zero-order valence-electron chi connectivity index (χ0n) is 16.8. The molecule has 1 N–H and O–H groups in total. The summed E-state index contributed by atoms with van der Waals surface area (Å²) in [4.78, 5) is 12.3.